The van der Waals surface area contributed by atoms with Crippen molar-refractivity contribution in [2.24, 2.45) is 0 Å². The van der Waals surface area contributed by atoms with Gasteiger partial charge in [0.2, 0.25) is 5.43 Å². The number of benzene rings is 2. The van der Waals surface area contributed by atoms with Crippen molar-refractivity contribution in [1.82, 2.24) is 4.90 Å². The predicted octanol–water partition coefficient (Wildman–Crippen LogP) is 3.53. The molecule has 1 fully saturated rings. The van der Waals surface area contributed by atoms with Crippen molar-refractivity contribution in [1.29, 1.82) is 0 Å². The number of aromatic hydroxyl groups is 1. The van der Waals surface area contributed by atoms with E-state index in [1.807, 2.05) is 0 Å². The summed E-state index contributed by atoms with van der Waals surface area (Å²) in [5.41, 5.74) is 1.69. The Balaban J connectivity index is 1.83. The van der Waals surface area contributed by atoms with E-state index in [0.717, 1.165) is 6.42 Å². The monoisotopic (exact) mass is 409 g/mol. The highest BCUT2D eigenvalue weighted by atomic mass is 16.5. The quantitative estimate of drug-likeness (QED) is 0.665. The van der Waals surface area contributed by atoms with E-state index in [-0.39, 0.29) is 17.7 Å². The first-order chi connectivity index (χ1) is 14.4. The molecular weight excluding hydrogens is 386 g/mol. The van der Waals surface area contributed by atoms with Crippen LogP contribution < -0.4 is 10.2 Å². The van der Waals surface area contributed by atoms with E-state index in [9.17, 15) is 19.8 Å². The second-order valence-corrected chi connectivity index (χ2v) is 7.50. The van der Waals surface area contributed by atoms with Gasteiger partial charge in [-0.25, -0.2) is 0 Å². The van der Waals surface area contributed by atoms with Gasteiger partial charge in [-0.1, -0.05) is 12.1 Å². The van der Waals surface area contributed by atoms with Gasteiger partial charge in [-0.05, 0) is 56.1 Å². The summed E-state index contributed by atoms with van der Waals surface area (Å²) in [5, 5.41) is 20.3. The van der Waals surface area contributed by atoms with Crippen LogP contribution in [0, 0.1) is 6.92 Å². The summed E-state index contributed by atoms with van der Waals surface area (Å²) in [7, 11) is 1.58. The van der Waals surface area contributed by atoms with Crippen molar-refractivity contribution < 1.29 is 24.2 Å². The van der Waals surface area contributed by atoms with Crippen molar-refractivity contribution in [3.05, 3.63) is 57.9 Å². The van der Waals surface area contributed by atoms with Crippen LogP contribution in [0.5, 0.6) is 11.5 Å². The van der Waals surface area contributed by atoms with Crippen LogP contribution in [-0.2, 0) is 11.3 Å². The number of aliphatic carboxylic acids is 1. The van der Waals surface area contributed by atoms with Crippen LogP contribution in [0.15, 0.2) is 45.6 Å². The number of hydrogen-bond acceptors (Lipinski definition) is 6. The van der Waals surface area contributed by atoms with Gasteiger partial charge in [0.25, 0.3) is 0 Å². The standard InChI is InChI=1S/C23H23NO6/c1-13-20(14-5-7-15(29-2)8-6-14)21(26)16-9-10-19(25)17(22(16)30-13)12-24-11-3-4-18(24)23(27)28/h5-10,18,25H,3-4,11-12H2,1-2H3,(H,27,28)/t18-/m0/s1. The Labute approximate surface area is 173 Å². The SMILES string of the molecule is COc1ccc(-c2c(C)oc3c(CN4CCC[C@H]4C(=O)O)c(O)ccc3c2=O)cc1. The van der Waals surface area contributed by atoms with Gasteiger partial charge in [0.05, 0.1) is 23.6 Å². The maximum Gasteiger partial charge on any atom is 0.320 e. The first kappa shape index (κ1) is 20.0. The molecule has 7 nitrogen and oxygen atoms in total. The molecule has 7 heteroatoms. The lowest BCUT2D eigenvalue weighted by molar-refractivity contribution is -0.142. The lowest BCUT2D eigenvalue weighted by Gasteiger charge is -2.22. The molecule has 0 spiro atoms. The number of nitrogens with zero attached hydrogens (tertiary/aromatic N) is 1. The van der Waals surface area contributed by atoms with Crippen LogP contribution >= 0.6 is 0 Å². The van der Waals surface area contributed by atoms with E-state index < -0.39 is 12.0 Å². The molecule has 0 unspecified atom stereocenters. The van der Waals surface area contributed by atoms with E-state index in [1.165, 1.54) is 6.07 Å². The fraction of sp³-hybridized carbons (Fsp3) is 0.304. The smallest absolute Gasteiger partial charge is 0.320 e. The van der Waals surface area contributed by atoms with Crippen molar-refractivity contribution >= 4 is 16.9 Å². The molecule has 0 saturated carbocycles. The summed E-state index contributed by atoms with van der Waals surface area (Å²) < 4.78 is 11.2. The van der Waals surface area contributed by atoms with E-state index in [2.05, 4.69) is 0 Å². The molecule has 1 aromatic heterocycles. The summed E-state index contributed by atoms with van der Waals surface area (Å²) >= 11 is 0. The van der Waals surface area contributed by atoms with Crippen molar-refractivity contribution in [2.45, 2.75) is 32.4 Å². The molecular formula is C23H23NO6. The maximum atomic E-state index is 13.3. The molecule has 0 bridgehead atoms. The minimum Gasteiger partial charge on any atom is -0.507 e. The molecule has 0 radical (unpaired) electrons. The zero-order valence-corrected chi connectivity index (χ0v) is 16.8. The fourth-order valence-electron chi connectivity index (χ4n) is 4.15. The number of ether oxygens (including phenoxy) is 1. The number of carboxylic acid groups (broad SMARTS) is 1. The number of phenols is 1. The number of hydrogen-bond donors (Lipinski definition) is 2. The van der Waals surface area contributed by atoms with Crippen LogP contribution in [0.25, 0.3) is 22.1 Å². The van der Waals surface area contributed by atoms with Crippen LogP contribution in [0.3, 0.4) is 0 Å². The number of carbonyl (C=O) groups is 1. The first-order valence-corrected chi connectivity index (χ1v) is 9.80. The van der Waals surface area contributed by atoms with Gasteiger partial charge < -0.3 is 19.4 Å². The number of fused-ring (bicyclic) bond motifs is 1. The number of carboxylic acids is 1. The first-order valence-electron chi connectivity index (χ1n) is 9.80. The molecule has 1 aliphatic heterocycles. The van der Waals surface area contributed by atoms with Crippen LogP contribution in [0.2, 0.25) is 0 Å². The highest BCUT2D eigenvalue weighted by molar-refractivity contribution is 5.86. The third-order valence-corrected chi connectivity index (χ3v) is 5.70. The van der Waals surface area contributed by atoms with Crippen molar-refractivity contribution in [2.75, 3.05) is 13.7 Å². The Kier molecular flexibility index (Phi) is 5.22. The zero-order chi connectivity index (χ0) is 21.4. The molecule has 2 heterocycles. The molecule has 156 valence electrons. The lowest BCUT2D eigenvalue weighted by atomic mass is 10.0. The normalized spacial score (nSPS) is 16.8. The van der Waals surface area contributed by atoms with Crippen LogP contribution in [0.4, 0.5) is 0 Å². The molecule has 3 aromatic rings. The van der Waals surface area contributed by atoms with E-state index in [1.54, 1.807) is 49.3 Å². The topological polar surface area (TPSA) is 100 Å². The molecule has 1 aliphatic rings. The molecule has 1 atom stereocenters. The van der Waals surface area contributed by atoms with Crippen molar-refractivity contribution in [3.63, 3.8) is 0 Å². The number of methoxy groups -OCH3 is 1. The molecule has 2 N–H and O–H groups in total. The number of likely N-dealkylation sites (tertiary alicyclic amines) is 1. The summed E-state index contributed by atoms with van der Waals surface area (Å²) in [4.78, 5) is 26.6. The minimum atomic E-state index is -0.883. The van der Waals surface area contributed by atoms with Crippen LogP contribution in [0.1, 0.15) is 24.2 Å². The Morgan fingerprint density at radius 2 is 1.97 bits per heavy atom. The average Bonchev–Trinajstić information content (AvgIpc) is 3.19. The fourth-order valence-corrected chi connectivity index (χ4v) is 4.15. The molecule has 4 rings (SSSR count). The zero-order valence-electron chi connectivity index (χ0n) is 16.8. The van der Waals surface area contributed by atoms with Crippen LogP contribution in [-0.4, -0.2) is 40.8 Å². The second-order valence-electron chi connectivity index (χ2n) is 7.50. The van der Waals surface area contributed by atoms with Gasteiger partial charge in [0, 0.05) is 6.54 Å². The van der Waals surface area contributed by atoms with E-state index in [4.69, 9.17) is 9.15 Å². The Hall–Kier alpha value is -3.32. The van der Waals surface area contributed by atoms with Gasteiger partial charge in [0.1, 0.15) is 28.9 Å². The van der Waals surface area contributed by atoms with E-state index in [0.29, 0.717) is 52.1 Å². The summed E-state index contributed by atoms with van der Waals surface area (Å²) in [6.07, 6.45) is 1.33. The third kappa shape index (κ3) is 3.41. The molecule has 2 aromatic carbocycles. The summed E-state index contributed by atoms with van der Waals surface area (Å²) in [6, 6.07) is 9.56. The maximum absolute atomic E-state index is 13.3. The Bertz CT molecular complexity index is 1170. The third-order valence-electron chi connectivity index (χ3n) is 5.70. The van der Waals surface area contributed by atoms with Gasteiger partial charge in [0.15, 0.2) is 0 Å². The number of aryl methyl sites for hydroxylation is 1. The largest absolute Gasteiger partial charge is 0.507 e. The van der Waals surface area contributed by atoms with Gasteiger partial charge in [-0.15, -0.1) is 0 Å². The predicted molar refractivity (Wildman–Crippen MR) is 112 cm³/mol. The number of rotatable bonds is 5. The van der Waals surface area contributed by atoms with Gasteiger partial charge >= 0.3 is 5.97 Å². The van der Waals surface area contributed by atoms with E-state index >= 15 is 0 Å². The summed E-state index contributed by atoms with van der Waals surface area (Å²) in [5.74, 6) is 0.220. The number of phenolic OH excluding ortho intramolecular Hbond substituents is 1. The van der Waals surface area contributed by atoms with Gasteiger partial charge in [-0.3, -0.25) is 14.5 Å². The lowest BCUT2D eigenvalue weighted by Crippen LogP contribution is -2.35. The Morgan fingerprint density at radius 1 is 1.23 bits per heavy atom. The average molecular weight is 409 g/mol. The highest BCUT2D eigenvalue weighted by Gasteiger charge is 2.31. The molecule has 30 heavy (non-hydrogen) atoms. The summed E-state index contributed by atoms with van der Waals surface area (Å²) in [6.45, 7) is 2.52. The second kappa shape index (κ2) is 7.84. The molecule has 1 saturated heterocycles. The highest BCUT2D eigenvalue weighted by Crippen LogP contribution is 2.33. The van der Waals surface area contributed by atoms with Gasteiger partial charge in [-0.2, -0.15) is 0 Å². The molecule has 0 aliphatic carbocycles. The molecule has 0 amide bonds. The minimum absolute atomic E-state index is 0.0155. The Morgan fingerprint density at radius 3 is 2.63 bits per heavy atom. The van der Waals surface area contributed by atoms with Crippen molar-refractivity contribution in [3.8, 4) is 22.6 Å².